The summed E-state index contributed by atoms with van der Waals surface area (Å²) in [6, 6.07) is 18.0. The zero-order valence-corrected chi connectivity index (χ0v) is 23.9. The Kier molecular flexibility index (Phi) is 6.25. The van der Waals surface area contributed by atoms with Gasteiger partial charge >= 0.3 is 5.97 Å². The minimum absolute atomic E-state index is 0.0786. The van der Waals surface area contributed by atoms with Crippen molar-refractivity contribution in [3.8, 4) is 0 Å². The van der Waals surface area contributed by atoms with Crippen LogP contribution in [-0.4, -0.2) is 50.8 Å². The summed E-state index contributed by atoms with van der Waals surface area (Å²) >= 11 is 0. The van der Waals surface area contributed by atoms with Crippen LogP contribution < -0.4 is 0 Å². The lowest BCUT2D eigenvalue weighted by molar-refractivity contribution is -0.144. The van der Waals surface area contributed by atoms with Gasteiger partial charge in [-0.3, -0.25) is 4.79 Å². The second-order valence-corrected chi connectivity index (χ2v) is 14.0. The molecular formula is C30H28N2O6S2. The van der Waals surface area contributed by atoms with Crippen molar-refractivity contribution < 1.29 is 26.4 Å². The fourth-order valence-electron chi connectivity index (χ4n) is 5.71. The Morgan fingerprint density at radius 1 is 0.850 bits per heavy atom. The van der Waals surface area contributed by atoms with E-state index in [-0.39, 0.29) is 22.8 Å². The summed E-state index contributed by atoms with van der Waals surface area (Å²) < 4.78 is 63.1. The second kappa shape index (κ2) is 9.43. The third kappa shape index (κ3) is 4.09. The largest absolute Gasteiger partial charge is 0.469 e. The monoisotopic (exact) mass is 576 g/mol. The molecule has 1 aliphatic carbocycles. The first kappa shape index (κ1) is 26.5. The Balaban J connectivity index is 1.53. The zero-order chi connectivity index (χ0) is 28.4. The lowest BCUT2D eigenvalue weighted by atomic mass is 9.81. The van der Waals surface area contributed by atoms with E-state index >= 15 is 0 Å². The molecule has 0 radical (unpaired) electrons. The number of sulfonamides is 1. The smallest absolute Gasteiger partial charge is 0.313 e. The van der Waals surface area contributed by atoms with E-state index in [1.165, 1.54) is 15.4 Å². The van der Waals surface area contributed by atoms with Crippen molar-refractivity contribution >= 4 is 42.5 Å². The van der Waals surface area contributed by atoms with Gasteiger partial charge < -0.3 is 4.74 Å². The number of ether oxygens (including phenoxy) is 1. The van der Waals surface area contributed by atoms with Gasteiger partial charge in [0.15, 0.2) is 0 Å². The Hall–Kier alpha value is -3.73. The van der Waals surface area contributed by atoms with Gasteiger partial charge in [0, 0.05) is 18.1 Å². The number of fused-ring (bicyclic) bond motifs is 2. The van der Waals surface area contributed by atoms with Crippen molar-refractivity contribution in [1.82, 2.24) is 8.28 Å². The molecule has 40 heavy (non-hydrogen) atoms. The number of nitrogens with zero attached hydrogens (tertiary/aromatic N) is 2. The SMILES string of the molecule is COC(=O)[C@@H]1C=C2c3cccc4c3c(cn4S(=O)(=O)c3ccc(C)cc3)C[C@H]2N(S(=O)(=O)c2ccc(C)cc2)C1. The van der Waals surface area contributed by atoms with E-state index in [1.807, 2.05) is 19.9 Å². The van der Waals surface area contributed by atoms with E-state index in [0.717, 1.165) is 22.1 Å². The van der Waals surface area contributed by atoms with Crippen LogP contribution >= 0.6 is 0 Å². The molecule has 6 rings (SSSR count). The predicted octanol–water partition coefficient (Wildman–Crippen LogP) is 4.30. The van der Waals surface area contributed by atoms with Crippen LogP contribution in [0.25, 0.3) is 16.5 Å². The Labute approximate surface area is 233 Å². The van der Waals surface area contributed by atoms with Crippen LogP contribution in [0.5, 0.6) is 0 Å². The average molecular weight is 577 g/mol. The maximum absolute atomic E-state index is 14.0. The quantitative estimate of drug-likeness (QED) is 0.329. The van der Waals surface area contributed by atoms with Crippen molar-refractivity contribution in [3.63, 3.8) is 0 Å². The minimum Gasteiger partial charge on any atom is -0.469 e. The number of carbonyl (C=O) groups excluding carboxylic acids is 1. The molecule has 0 bridgehead atoms. The molecule has 10 heteroatoms. The van der Waals surface area contributed by atoms with E-state index in [0.29, 0.717) is 16.7 Å². The van der Waals surface area contributed by atoms with Gasteiger partial charge in [0.2, 0.25) is 10.0 Å². The summed E-state index contributed by atoms with van der Waals surface area (Å²) in [6.45, 7) is 3.69. The maximum atomic E-state index is 14.0. The molecule has 0 saturated heterocycles. The topological polar surface area (TPSA) is 103 Å². The van der Waals surface area contributed by atoms with E-state index in [2.05, 4.69) is 0 Å². The van der Waals surface area contributed by atoms with Gasteiger partial charge in [-0.05, 0) is 67.3 Å². The Bertz CT molecular complexity index is 1910. The highest BCUT2D eigenvalue weighted by atomic mass is 32.2. The average Bonchev–Trinajstić information content (AvgIpc) is 3.33. The molecule has 206 valence electrons. The number of carbonyl (C=O) groups is 1. The highest BCUT2D eigenvalue weighted by Gasteiger charge is 2.44. The molecule has 0 amide bonds. The normalized spacial score (nSPS) is 19.2. The number of aromatic nitrogens is 1. The Morgan fingerprint density at radius 3 is 2.05 bits per heavy atom. The summed E-state index contributed by atoms with van der Waals surface area (Å²) in [5.41, 5.74) is 4.48. The lowest BCUT2D eigenvalue weighted by Crippen LogP contribution is -2.49. The van der Waals surface area contributed by atoms with E-state index < -0.39 is 38.0 Å². The van der Waals surface area contributed by atoms with Gasteiger partial charge in [-0.15, -0.1) is 0 Å². The van der Waals surface area contributed by atoms with Crippen molar-refractivity contribution in [2.75, 3.05) is 13.7 Å². The van der Waals surface area contributed by atoms with Crippen LogP contribution in [0.4, 0.5) is 0 Å². The highest BCUT2D eigenvalue weighted by molar-refractivity contribution is 7.90. The van der Waals surface area contributed by atoms with Crippen molar-refractivity contribution in [2.24, 2.45) is 5.92 Å². The van der Waals surface area contributed by atoms with Crippen LogP contribution in [-0.2, 0) is 36.0 Å². The minimum atomic E-state index is -4.00. The lowest BCUT2D eigenvalue weighted by Gasteiger charge is -2.40. The standard InChI is InChI=1S/C30H28N2O6S2/c1-19-7-11-23(12-8-19)39(34,35)31-17-21-16-28-26(25-5-4-6-27(31)29(21)25)15-22(30(33)38-3)18-32(28)40(36,37)24-13-9-20(2)10-14-24/h4-15,17,22,28H,16,18H2,1-3H3/t22-,28-/m1/s1. The van der Waals surface area contributed by atoms with Crippen LogP contribution in [0.2, 0.25) is 0 Å². The summed E-state index contributed by atoms with van der Waals surface area (Å²) in [7, 11) is -6.64. The van der Waals surface area contributed by atoms with Crippen molar-refractivity contribution in [1.29, 1.82) is 0 Å². The molecule has 4 aromatic rings. The van der Waals surface area contributed by atoms with Crippen molar-refractivity contribution in [2.45, 2.75) is 36.1 Å². The van der Waals surface area contributed by atoms with Gasteiger partial charge in [0.25, 0.3) is 10.0 Å². The summed E-state index contributed by atoms with van der Waals surface area (Å²) in [5.74, 6) is -1.35. The number of methoxy groups -OCH3 is 1. The van der Waals surface area contributed by atoms with Gasteiger partial charge in [-0.1, -0.05) is 53.6 Å². The van der Waals surface area contributed by atoms with Crippen LogP contribution in [0.1, 0.15) is 22.3 Å². The van der Waals surface area contributed by atoms with Crippen LogP contribution in [0.3, 0.4) is 0 Å². The molecule has 2 atom stereocenters. The molecule has 8 nitrogen and oxygen atoms in total. The van der Waals surface area contributed by atoms with Crippen molar-refractivity contribution in [3.05, 3.63) is 101 Å². The van der Waals surface area contributed by atoms with Crippen LogP contribution in [0, 0.1) is 19.8 Å². The molecule has 0 spiro atoms. The number of rotatable bonds is 5. The first-order valence-electron chi connectivity index (χ1n) is 12.9. The van der Waals surface area contributed by atoms with E-state index in [1.54, 1.807) is 72.9 Å². The first-order valence-corrected chi connectivity index (χ1v) is 15.7. The molecular weight excluding hydrogens is 548 g/mol. The summed E-state index contributed by atoms with van der Waals surface area (Å²) in [5, 5.41) is 0.735. The summed E-state index contributed by atoms with van der Waals surface area (Å²) in [4.78, 5) is 13.0. The van der Waals surface area contributed by atoms with Gasteiger partial charge in [-0.2, -0.15) is 4.31 Å². The fraction of sp³-hybridized carbons (Fsp3) is 0.233. The molecule has 3 aromatic carbocycles. The molecule has 2 heterocycles. The fourth-order valence-corrected chi connectivity index (χ4v) is 8.72. The number of hydrogen-bond donors (Lipinski definition) is 0. The van der Waals surface area contributed by atoms with Gasteiger partial charge in [-0.25, -0.2) is 20.8 Å². The first-order chi connectivity index (χ1) is 19.0. The number of benzene rings is 3. The molecule has 0 N–H and O–H groups in total. The van der Waals surface area contributed by atoms with E-state index in [9.17, 15) is 21.6 Å². The zero-order valence-electron chi connectivity index (χ0n) is 22.2. The molecule has 1 aliphatic heterocycles. The third-order valence-corrected chi connectivity index (χ3v) is 11.3. The summed E-state index contributed by atoms with van der Waals surface area (Å²) in [6.07, 6.45) is 3.64. The van der Waals surface area contributed by atoms with Gasteiger partial charge in [0.05, 0.1) is 34.4 Å². The van der Waals surface area contributed by atoms with Crippen LogP contribution in [0.15, 0.2) is 88.8 Å². The molecule has 1 aromatic heterocycles. The molecule has 0 fully saturated rings. The second-order valence-electron chi connectivity index (χ2n) is 10.3. The predicted molar refractivity (Wildman–Crippen MR) is 152 cm³/mol. The van der Waals surface area contributed by atoms with E-state index in [4.69, 9.17) is 4.74 Å². The molecule has 2 aliphatic rings. The van der Waals surface area contributed by atoms with Gasteiger partial charge in [0.1, 0.15) is 0 Å². The number of aryl methyl sites for hydroxylation is 2. The Morgan fingerprint density at radius 2 is 1.45 bits per heavy atom. The third-order valence-electron chi connectivity index (χ3n) is 7.77. The number of hydrogen-bond acceptors (Lipinski definition) is 6. The molecule has 0 unspecified atom stereocenters. The maximum Gasteiger partial charge on any atom is 0.313 e. The number of esters is 1. The molecule has 0 saturated carbocycles. The highest BCUT2D eigenvalue weighted by Crippen LogP contribution is 2.44.